The van der Waals surface area contributed by atoms with Crippen molar-refractivity contribution in [2.75, 3.05) is 7.05 Å². The second-order valence-electron chi connectivity index (χ2n) is 2.51. The van der Waals surface area contributed by atoms with Gasteiger partial charge >= 0.3 is 0 Å². The van der Waals surface area contributed by atoms with Gasteiger partial charge in [-0.05, 0) is 18.3 Å². The molecule has 0 atom stereocenters. The van der Waals surface area contributed by atoms with Crippen LogP contribution in [0.25, 0.3) is 0 Å². The van der Waals surface area contributed by atoms with Crippen molar-refractivity contribution in [2.24, 2.45) is 5.10 Å². The normalized spacial score (nSPS) is 10.1. The molecule has 0 aliphatic heterocycles. The first kappa shape index (κ1) is 11.0. The second kappa shape index (κ2) is 5.62. The van der Waals surface area contributed by atoms with Gasteiger partial charge in [0.2, 0.25) is 0 Å². The topological polar surface area (TPSA) is 36.4 Å². The van der Waals surface area contributed by atoms with Crippen LogP contribution in [0.2, 0.25) is 0 Å². The highest BCUT2D eigenvalue weighted by Gasteiger charge is 1.92. The monoisotopic (exact) mass is 225 g/mol. The number of benzene rings is 1. The molecule has 0 radical (unpaired) electrons. The van der Waals surface area contributed by atoms with Gasteiger partial charge in [0.1, 0.15) is 0 Å². The Morgan fingerprint density at radius 1 is 1.50 bits per heavy atom. The van der Waals surface area contributed by atoms with Crippen LogP contribution >= 0.6 is 24.8 Å². The van der Waals surface area contributed by atoms with Gasteiger partial charge in [0.05, 0.1) is 6.21 Å². The summed E-state index contributed by atoms with van der Waals surface area (Å²) in [5.41, 5.74) is 3.61. The zero-order valence-corrected chi connectivity index (χ0v) is 9.40. The van der Waals surface area contributed by atoms with Gasteiger partial charge in [-0.2, -0.15) is 5.10 Å². The van der Waals surface area contributed by atoms with Gasteiger partial charge in [0.25, 0.3) is 0 Å². The molecule has 0 aromatic heterocycles. The summed E-state index contributed by atoms with van der Waals surface area (Å²) in [6.45, 7) is 0. The number of hydrazone groups is 1. The molecule has 74 valence electrons. The second-order valence-corrected chi connectivity index (χ2v) is 3.40. The molecular weight excluding hydrogens is 214 g/mol. The minimum absolute atomic E-state index is 0.484. The number of thiol groups is 1. The van der Waals surface area contributed by atoms with Crippen LogP contribution < -0.4 is 10.7 Å². The first-order valence-corrected chi connectivity index (χ1v) is 4.88. The first-order chi connectivity index (χ1) is 6.74. The molecule has 2 N–H and O–H groups in total. The Labute approximate surface area is 94.0 Å². The molecule has 0 saturated heterocycles. The summed E-state index contributed by atoms with van der Waals surface area (Å²) in [5.74, 6) is 0. The van der Waals surface area contributed by atoms with Crippen molar-refractivity contribution in [2.45, 2.75) is 4.90 Å². The fourth-order valence-corrected chi connectivity index (χ4v) is 1.08. The third-order valence-corrected chi connectivity index (χ3v) is 2.24. The molecule has 5 heteroatoms. The van der Waals surface area contributed by atoms with Crippen LogP contribution in [0.3, 0.4) is 0 Å². The fraction of sp³-hybridized carbons (Fsp3) is 0.111. The van der Waals surface area contributed by atoms with Crippen LogP contribution in [0.15, 0.2) is 34.3 Å². The lowest BCUT2D eigenvalue weighted by Crippen LogP contribution is -2.28. The van der Waals surface area contributed by atoms with E-state index in [1.54, 1.807) is 13.3 Å². The molecule has 0 spiro atoms. The summed E-state index contributed by atoms with van der Waals surface area (Å²) < 4.78 is 0. The van der Waals surface area contributed by atoms with E-state index in [1.165, 1.54) is 0 Å². The molecule has 0 amide bonds. The summed E-state index contributed by atoms with van der Waals surface area (Å²) in [6, 6.07) is 7.68. The highest BCUT2D eigenvalue weighted by Crippen LogP contribution is 2.09. The van der Waals surface area contributed by atoms with E-state index in [0.717, 1.165) is 10.5 Å². The van der Waals surface area contributed by atoms with E-state index in [2.05, 4.69) is 28.5 Å². The molecule has 14 heavy (non-hydrogen) atoms. The van der Waals surface area contributed by atoms with Gasteiger partial charge in [0.15, 0.2) is 5.11 Å². The lowest BCUT2D eigenvalue weighted by Gasteiger charge is -2.00. The molecule has 3 nitrogen and oxygen atoms in total. The van der Waals surface area contributed by atoms with E-state index in [1.807, 2.05) is 24.3 Å². The van der Waals surface area contributed by atoms with Crippen molar-refractivity contribution < 1.29 is 0 Å². The zero-order chi connectivity index (χ0) is 10.4. The van der Waals surface area contributed by atoms with Gasteiger partial charge in [0, 0.05) is 17.5 Å². The Kier molecular flexibility index (Phi) is 4.42. The number of nitrogens with zero attached hydrogens (tertiary/aromatic N) is 1. The Hall–Kier alpha value is -1.07. The Bertz CT molecular complexity index is 350. The average Bonchev–Trinajstić information content (AvgIpc) is 2.20. The number of rotatable bonds is 2. The molecule has 0 bridgehead atoms. The maximum absolute atomic E-state index is 4.85. The van der Waals surface area contributed by atoms with Crippen molar-refractivity contribution in [1.82, 2.24) is 10.7 Å². The summed E-state index contributed by atoms with van der Waals surface area (Å²) in [7, 11) is 1.73. The van der Waals surface area contributed by atoms with Crippen molar-refractivity contribution in [1.29, 1.82) is 0 Å². The third kappa shape index (κ3) is 3.35. The highest BCUT2D eigenvalue weighted by molar-refractivity contribution is 7.80. The minimum atomic E-state index is 0.484. The summed E-state index contributed by atoms with van der Waals surface area (Å²) >= 11 is 9.13. The van der Waals surface area contributed by atoms with Gasteiger partial charge in [-0.25, -0.2) is 0 Å². The molecule has 1 aromatic rings. The van der Waals surface area contributed by atoms with E-state index in [0.29, 0.717) is 5.11 Å². The smallest absolute Gasteiger partial charge is 0.186 e. The van der Waals surface area contributed by atoms with E-state index in [-0.39, 0.29) is 0 Å². The van der Waals surface area contributed by atoms with Crippen LogP contribution in [0, 0.1) is 0 Å². The summed E-state index contributed by atoms with van der Waals surface area (Å²) in [4.78, 5) is 0.883. The largest absolute Gasteiger partial charge is 0.364 e. The Morgan fingerprint density at radius 3 is 2.86 bits per heavy atom. The molecule has 1 rings (SSSR count). The van der Waals surface area contributed by atoms with Gasteiger partial charge in [-0.15, -0.1) is 12.6 Å². The van der Waals surface area contributed by atoms with Crippen molar-refractivity contribution in [3.63, 3.8) is 0 Å². The Morgan fingerprint density at radius 2 is 2.21 bits per heavy atom. The van der Waals surface area contributed by atoms with E-state index < -0.39 is 0 Å². The lowest BCUT2D eigenvalue weighted by atomic mass is 10.2. The van der Waals surface area contributed by atoms with E-state index in [4.69, 9.17) is 12.2 Å². The number of thiocarbonyl (C=S) groups is 1. The summed E-state index contributed by atoms with van der Waals surface area (Å²) in [5, 5.41) is 7.18. The molecule has 0 unspecified atom stereocenters. The number of hydrogen-bond donors (Lipinski definition) is 3. The van der Waals surface area contributed by atoms with E-state index >= 15 is 0 Å². The highest BCUT2D eigenvalue weighted by atomic mass is 32.1. The lowest BCUT2D eigenvalue weighted by molar-refractivity contribution is 0.981. The molecule has 1 aromatic carbocycles. The third-order valence-electron chi connectivity index (χ3n) is 1.53. The SMILES string of the molecule is CNC(=S)N/N=C/c1ccccc1S. The van der Waals surface area contributed by atoms with Crippen LogP contribution in [-0.2, 0) is 0 Å². The molecular formula is C9H11N3S2. The zero-order valence-electron chi connectivity index (χ0n) is 7.69. The molecule has 0 heterocycles. The molecule has 0 aliphatic carbocycles. The maximum Gasteiger partial charge on any atom is 0.186 e. The van der Waals surface area contributed by atoms with Gasteiger partial charge < -0.3 is 5.32 Å². The average molecular weight is 225 g/mol. The van der Waals surface area contributed by atoms with E-state index in [9.17, 15) is 0 Å². The summed E-state index contributed by atoms with van der Waals surface area (Å²) in [6.07, 6.45) is 1.67. The van der Waals surface area contributed by atoms with Crippen LogP contribution in [0.5, 0.6) is 0 Å². The number of hydrogen-bond acceptors (Lipinski definition) is 3. The van der Waals surface area contributed by atoms with Crippen molar-refractivity contribution >= 4 is 36.2 Å². The van der Waals surface area contributed by atoms with Crippen LogP contribution in [-0.4, -0.2) is 18.4 Å². The van der Waals surface area contributed by atoms with Crippen LogP contribution in [0.4, 0.5) is 0 Å². The fourth-order valence-electron chi connectivity index (χ4n) is 0.813. The van der Waals surface area contributed by atoms with Gasteiger partial charge in [-0.1, -0.05) is 18.2 Å². The minimum Gasteiger partial charge on any atom is -0.364 e. The molecule has 0 fully saturated rings. The first-order valence-electron chi connectivity index (χ1n) is 4.03. The van der Waals surface area contributed by atoms with Crippen molar-refractivity contribution in [3.8, 4) is 0 Å². The van der Waals surface area contributed by atoms with Gasteiger partial charge in [-0.3, -0.25) is 5.43 Å². The Balaban J connectivity index is 2.60. The van der Waals surface area contributed by atoms with Crippen molar-refractivity contribution in [3.05, 3.63) is 29.8 Å². The number of nitrogens with one attached hydrogen (secondary N) is 2. The maximum atomic E-state index is 4.85. The molecule has 0 aliphatic rings. The standard InChI is InChI=1S/C9H11N3S2/c1-10-9(14)12-11-6-7-4-2-3-5-8(7)13/h2-6,13H,1H3,(H2,10,12,14)/b11-6+. The predicted octanol–water partition coefficient (Wildman–Crippen LogP) is 1.40. The quantitative estimate of drug-likeness (QED) is 0.308. The molecule has 0 saturated carbocycles. The van der Waals surface area contributed by atoms with Crippen LogP contribution in [0.1, 0.15) is 5.56 Å². The predicted molar refractivity (Wildman–Crippen MR) is 66.1 cm³/mol.